The molecule has 0 unspecified atom stereocenters. The first-order valence-electron chi connectivity index (χ1n) is 7.17. The average molecular weight is 295 g/mol. The first-order valence-corrected chi connectivity index (χ1v) is 7.17. The highest BCUT2D eigenvalue weighted by molar-refractivity contribution is 5.91. The topological polar surface area (TPSA) is 100 Å². The van der Waals surface area contributed by atoms with E-state index in [0.29, 0.717) is 18.7 Å². The van der Waals surface area contributed by atoms with Crippen molar-refractivity contribution in [1.29, 1.82) is 0 Å². The van der Waals surface area contributed by atoms with Crippen molar-refractivity contribution < 1.29 is 14.7 Å². The fraction of sp³-hybridized carbons (Fsp3) is 0.692. The summed E-state index contributed by atoms with van der Waals surface area (Å²) in [4.78, 5) is 24.1. The summed E-state index contributed by atoms with van der Waals surface area (Å²) >= 11 is 0. The van der Waals surface area contributed by atoms with Gasteiger partial charge in [-0.05, 0) is 32.4 Å². The fourth-order valence-electron chi connectivity index (χ4n) is 2.39. The van der Waals surface area contributed by atoms with Crippen molar-refractivity contribution in [2.75, 3.05) is 26.7 Å². The standard InChI is InChI=1S/C13H21N5O3/c1-17(8-2-3-12(19)20)13(21)11-9-18(16-15-11)10-4-6-14-7-5-10/h9-10,14H,2-8H2,1H3,(H,19,20). The lowest BCUT2D eigenvalue weighted by Crippen LogP contribution is -2.30. The molecule has 1 saturated heterocycles. The summed E-state index contributed by atoms with van der Waals surface area (Å²) in [5.74, 6) is -1.08. The van der Waals surface area contributed by atoms with Gasteiger partial charge in [0, 0.05) is 20.0 Å². The maximum Gasteiger partial charge on any atom is 0.303 e. The number of carbonyl (C=O) groups excluding carboxylic acids is 1. The van der Waals surface area contributed by atoms with Crippen LogP contribution in [-0.2, 0) is 4.79 Å². The summed E-state index contributed by atoms with van der Waals surface area (Å²) in [5, 5.41) is 19.9. The molecule has 0 atom stereocenters. The van der Waals surface area contributed by atoms with Crippen molar-refractivity contribution in [1.82, 2.24) is 25.2 Å². The molecule has 21 heavy (non-hydrogen) atoms. The van der Waals surface area contributed by atoms with Gasteiger partial charge in [0.25, 0.3) is 5.91 Å². The zero-order chi connectivity index (χ0) is 15.2. The van der Waals surface area contributed by atoms with Gasteiger partial charge in [-0.2, -0.15) is 0 Å². The third kappa shape index (κ3) is 4.25. The van der Waals surface area contributed by atoms with Crippen LogP contribution in [-0.4, -0.2) is 63.6 Å². The summed E-state index contributed by atoms with van der Waals surface area (Å²) in [6.45, 7) is 2.29. The van der Waals surface area contributed by atoms with Crippen LogP contribution in [0.2, 0.25) is 0 Å². The molecule has 0 spiro atoms. The second-order valence-corrected chi connectivity index (χ2v) is 5.29. The number of rotatable bonds is 6. The van der Waals surface area contributed by atoms with Gasteiger partial charge < -0.3 is 15.3 Å². The monoisotopic (exact) mass is 295 g/mol. The van der Waals surface area contributed by atoms with Crippen LogP contribution in [0.1, 0.15) is 42.2 Å². The first kappa shape index (κ1) is 15.4. The van der Waals surface area contributed by atoms with E-state index in [2.05, 4.69) is 15.6 Å². The number of piperidine rings is 1. The number of carboxylic acids is 1. The number of carbonyl (C=O) groups is 2. The zero-order valence-corrected chi connectivity index (χ0v) is 12.2. The number of nitrogens with one attached hydrogen (secondary N) is 1. The van der Waals surface area contributed by atoms with Crippen LogP contribution in [0.5, 0.6) is 0 Å². The van der Waals surface area contributed by atoms with Gasteiger partial charge in [-0.3, -0.25) is 9.59 Å². The molecule has 1 aliphatic rings. The highest BCUT2D eigenvalue weighted by atomic mass is 16.4. The number of amides is 1. The van der Waals surface area contributed by atoms with Crippen molar-refractivity contribution >= 4 is 11.9 Å². The predicted molar refractivity (Wildman–Crippen MR) is 75.0 cm³/mol. The molecular formula is C13H21N5O3. The number of nitrogens with zero attached hydrogens (tertiary/aromatic N) is 4. The summed E-state index contributed by atoms with van der Waals surface area (Å²) in [5.41, 5.74) is 0.311. The Hall–Kier alpha value is -1.96. The van der Waals surface area contributed by atoms with Gasteiger partial charge in [-0.1, -0.05) is 5.21 Å². The van der Waals surface area contributed by atoms with Gasteiger partial charge in [-0.15, -0.1) is 5.10 Å². The molecule has 8 nitrogen and oxygen atoms in total. The van der Waals surface area contributed by atoms with E-state index in [0.717, 1.165) is 25.9 Å². The van der Waals surface area contributed by atoms with E-state index in [4.69, 9.17) is 5.11 Å². The molecule has 116 valence electrons. The van der Waals surface area contributed by atoms with E-state index < -0.39 is 5.97 Å². The molecule has 0 saturated carbocycles. The molecule has 0 aromatic carbocycles. The molecule has 1 fully saturated rings. The van der Waals surface area contributed by atoms with Crippen molar-refractivity contribution in [2.24, 2.45) is 0 Å². The van der Waals surface area contributed by atoms with E-state index in [1.54, 1.807) is 17.9 Å². The fourth-order valence-corrected chi connectivity index (χ4v) is 2.39. The molecule has 1 aliphatic heterocycles. The van der Waals surface area contributed by atoms with Crippen molar-refractivity contribution in [3.63, 3.8) is 0 Å². The largest absolute Gasteiger partial charge is 0.481 e. The normalized spacial score (nSPS) is 15.9. The van der Waals surface area contributed by atoms with E-state index in [1.807, 2.05) is 0 Å². The smallest absolute Gasteiger partial charge is 0.303 e. The lowest BCUT2D eigenvalue weighted by Gasteiger charge is -2.22. The van der Waals surface area contributed by atoms with Gasteiger partial charge in [-0.25, -0.2) is 4.68 Å². The van der Waals surface area contributed by atoms with Gasteiger partial charge in [0.05, 0.1) is 12.2 Å². The minimum Gasteiger partial charge on any atom is -0.481 e. The molecule has 2 rings (SSSR count). The Kier molecular flexibility index (Phi) is 5.26. The number of hydrogen-bond donors (Lipinski definition) is 2. The number of hydrogen-bond acceptors (Lipinski definition) is 5. The molecule has 8 heteroatoms. The highest BCUT2D eigenvalue weighted by Crippen LogP contribution is 2.17. The molecule has 1 amide bonds. The number of aromatic nitrogens is 3. The molecule has 2 heterocycles. The molecule has 1 aromatic rings. The van der Waals surface area contributed by atoms with Gasteiger partial charge in [0.2, 0.25) is 0 Å². The summed E-state index contributed by atoms with van der Waals surface area (Å²) in [6.07, 6.45) is 4.13. The Morgan fingerprint density at radius 3 is 2.86 bits per heavy atom. The summed E-state index contributed by atoms with van der Waals surface area (Å²) < 4.78 is 1.76. The lowest BCUT2D eigenvalue weighted by molar-refractivity contribution is -0.137. The second-order valence-electron chi connectivity index (χ2n) is 5.29. The Morgan fingerprint density at radius 2 is 2.19 bits per heavy atom. The van der Waals surface area contributed by atoms with Crippen LogP contribution in [0.4, 0.5) is 0 Å². The van der Waals surface area contributed by atoms with E-state index in [9.17, 15) is 9.59 Å². The van der Waals surface area contributed by atoms with Gasteiger partial charge in [0.15, 0.2) is 5.69 Å². The minimum absolute atomic E-state index is 0.0549. The van der Waals surface area contributed by atoms with E-state index in [1.165, 1.54) is 4.90 Å². The Balaban J connectivity index is 1.90. The van der Waals surface area contributed by atoms with E-state index in [-0.39, 0.29) is 18.4 Å². The summed E-state index contributed by atoms with van der Waals surface area (Å²) in [6, 6.07) is 0.289. The number of carboxylic acid groups (broad SMARTS) is 1. The van der Waals surface area contributed by atoms with Crippen LogP contribution in [0, 0.1) is 0 Å². The third-order valence-electron chi connectivity index (χ3n) is 3.64. The maximum absolute atomic E-state index is 12.2. The van der Waals surface area contributed by atoms with E-state index >= 15 is 0 Å². The van der Waals surface area contributed by atoms with Gasteiger partial charge in [0.1, 0.15) is 0 Å². The third-order valence-corrected chi connectivity index (χ3v) is 3.64. The van der Waals surface area contributed by atoms with Gasteiger partial charge >= 0.3 is 5.97 Å². The maximum atomic E-state index is 12.2. The van der Waals surface area contributed by atoms with Crippen LogP contribution in [0.25, 0.3) is 0 Å². The van der Waals surface area contributed by atoms with Crippen LogP contribution in [0.15, 0.2) is 6.20 Å². The molecular weight excluding hydrogens is 274 g/mol. The molecule has 0 radical (unpaired) electrons. The van der Waals surface area contributed by atoms with Crippen LogP contribution < -0.4 is 5.32 Å². The highest BCUT2D eigenvalue weighted by Gasteiger charge is 2.20. The summed E-state index contributed by atoms with van der Waals surface area (Å²) in [7, 11) is 1.65. The first-order chi connectivity index (χ1) is 10.1. The molecule has 1 aromatic heterocycles. The molecule has 0 aliphatic carbocycles. The second kappa shape index (κ2) is 7.16. The Labute approximate surface area is 123 Å². The van der Waals surface area contributed by atoms with Crippen molar-refractivity contribution in [3.8, 4) is 0 Å². The quantitative estimate of drug-likeness (QED) is 0.774. The van der Waals surface area contributed by atoms with Crippen LogP contribution >= 0.6 is 0 Å². The zero-order valence-electron chi connectivity index (χ0n) is 12.2. The average Bonchev–Trinajstić information content (AvgIpc) is 2.96. The molecule has 2 N–H and O–H groups in total. The van der Waals surface area contributed by atoms with Crippen molar-refractivity contribution in [3.05, 3.63) is 11.9 Å². The Bertz CT molecular complexity index is 496. The van der Waals surface area contributed by atoms with Crippen molar-refractivity contribution in [2.45, 2.75) is 31.7 Å². The SMILES string of the molecule is CN(CCCC(=O)O)C(=O)c1cn(C2CCNCC2)nn1. The Morgan fingerprint density at radius 1 is 1.48 bits per heavy atom. The lowest BCUT2D eigenvalue weighted by atomic mass is 10.1. The predicted octanol–water partition coefficient (Wildman–Crippen LogP) is 0.139. The number of aliphatic carboxylic acids is 1. The minimum atomic E-state index is -0.854. The van der Waals surface area contributed by atoms with Crippen LogP contribution in [0.3, 0.4) is 0 Å². The molecule has 0 bridgehead atoms.